The van der Waals surface area contributed by atoms with E-state index >= 15 is 0 Å². The predicted octanol–water partition coefficient (Wildman–Crippen LogP) is 5.92. The van der Waals surface area contributed by atoms with E-state index in [0.717, 1.165) is 5.56 Å². The molecule has 0 radical (unpaired) electrons. The second-order valence-electron chi connectivity index (χ2n) is 6.24. The average Bonchev–Trinajstić information content (AvgIpc) is 3.25. The number of rotatable bonds is 5. The van der Waals surface area contributed by atoms with Gasteiger partial charge in [-0.1, -0.05) is 35.9 Å². The van der Waals surface area contributed by atoms with Crippen molar-refractivity contribution in [3.8, 4) is 28.5 Å². The first-order valence-corrected chi connectivity index (χ1v) is 9.29. The highest BCUT2D eigenvalue weighted by atomic mass is 35.5. The monoisotopic (exact) mass is 404 g/mol. The number of carbonyl (C=O) groups excluding carboxylic acids is 1. The Bertz CT molecular complexity index is 1150. The maximum Gasteiger partial charge on any atom is 0.256 e. The van der Waals surface area contributed by atoms with Crippen LogP contribution in [0.25, 0.3) is 22.8 Å². The number of hydrogen-bond acceptors (Lipinski definition) is 4. The molecule has 0 saturated heterocycles. The number of nitrogens with zero attached hydrogens (tertiary/aromatic N) is 1. The van der Waals surface area contributed by atoms with E-state index in [4.69, 9.17) is 20.8 Å². The number of anilines is 1. The molecule has 1 aromatic heterocycles. The molecule has 0 aliphatic rings. The molecule has 0 spiro atoms. The highest BCUT2D eigenvalue weighted by Gasteiger charge is 2.18. The molecular formula is C23H17ClN2O3. The fourth-order valence-corrected chi connectivity index (χ4v) is 3.08. The van der Waals surface area contributed by atoms with Crippen LogP contribution in [0.15, 0.2) is 83.4 Å². The number of para-hydroxylation sites is 2. The maximum atomic E-state index is 12.9. The summed E-state index contributed by atoms with van der Waals surface area (Å²) in [5, 5.41) is 3.53. The lowest BCUT2D eigenvalue weighted by Crippen LogP contribution is -2.13. The number of oxazole rings is 1. The third-order valence-corrected chi connectivity index (χ3v) is 4.64. The fraction of sp³-hybridized carbons (Fsp3) is 0.0435. The average molecular weight is 405 g/mol. The van der Waals surface area contributed by atoms with Crippen LogP contribution in [0, 0.1) is 0 Å². The molecule has 0 aliphatic carbocycles. The Labute approximate surface area is 172 Å². The number of methoxy groups -OCH3 is 1. The van der Waals surface area contributed by atoms with Gasteiger partial charge in [0.2, 0.25) is 5.89 Å². The number of benzene rings is 3. The molecule has 6 heteroatoms. The molecule has 4 rings (SSSR count). The van der Waals surface area contributed by atoms with Gasteiger partial charge in [-0.2, -0.15) is 0 Å². The third-order valence-electron chi connectivity index (χ3n) is 4.39. The van der Waals surface area contributed by atoms with Gasteiger partial charge >= 0.3 is 0 Å². The van der Waals surface area contributed by atoms with Gasteiger partial charge in [-0.05, 0) is 48.5 Å². The molecule has 0 saturated carbocycles. The summed E-state index contributed by atoms with van der Waals surface area (Å²) in [7, 11) is 1.56. The second-order valence-corrected chi connectivity index (χ2v) is 6.67. The standard InChI is InChI=1S/C23H17ClN2O3/c1-28-20-9-5-4-8-19(20)26-22(27)17-6-2-3-7-18(17)23-25-14-21(29-23)15-10-12-16(24)13-11-15/h2-14H,1H3,(H,26,27). The molecule has 0 bridgehead atoms. The zero-order valence-electron chi connectivity index (χ0n) is 15.6. The van der Waals surface area contributed by atoms with Crippen LogP contribution in [-0.2, 0) is 0 Å². The molecule has 0 aliphatic heterocycles. The number of nitrogens with one attached hydrogen (secondary N) is 1. The van der Waals surface area contributed by atoms with Crippen molar-refractivity contribution in [1.82, 2.24) is 4.98 Å². The van der Waals surface area contributed by atoms with Crippen molar-refractivity contribution in [3.05, 3.63) is 89.6 Å². The van der Waals surface area contributed by atoms with Gasteiger partial charge in [0.1, 0.15) is 5.75 Å². The number of amides is 1. The van der Waals surface area contributed by atoms with Crippen LogP contribution in [0.5, 0.6) is 5.75 Å². The summed E-state index contributed by atoms with van der Waals surface area (Å²) in [5.41, 5.74) is 2.48. The third kappa shape index (κ3) is 4.00. The highest BCUT2D eigenvalue weighted by molar-refractivity contribution is 6.30. The van der Waals surface area contributed by atoms with E-state index in [-0.39, 0.29) is 5.91 Å². The molecule has 0 unspecified atom stereocenters. The minimum absolute atomic E-state index is 0.281. The van der Waals surface area contributed by atoms with E-state index in [2.05, 4.69) is 10.3 Å². The Kier molecular flexibility index (Phi) is 5.31. The fourth-order valence-electron chi connectivity index (χ4n) is 2.95. The topological polar surface area (TPSA) is 64.4 Å². The number of hydrogen-bond donors (Lipinski definition) is 1. The normalized spacial score (nSPS) is 10.6. The zero-order chi connectivity index (χ0) is 20.2. The van der Waals surface area contributed by atoms with E-state index in [1.807, 2.05) is 30.3 Å². The molecule has 29 heavy (non-hydrogen) atoms. The van der Waals surface area contributed by atoms with Crippen molar-refractivity contribution in [1.29, 1.82) is 0 Å². The predicted molar refractivity (Wildman–Crippen MR) is 113 cm³/mol. The van der Waals surface area contributed by atoms with Gasteiger partial charge in [0.05, 0.1) is 24.6 Å². The Balaban J connectivity index is 1.65. The van der Waals surface area contributed by atoms with Crippen LogP contribution in [0.4, 0.5) is 5.69 Å². The summed E-state index contributed by atoms with van der Waals surface area (Å²) in [6.07, 6.45) is 1.63. The Morgan fingerprint density at radius 2 is 1.72 bits per heavy atom. The van der Waals surface area contributed by atoms with E-state index in [1.165, 1.54) is 0 Å². The summed E-state index contributed by atoms with van der Waals surface area (Å²) in [4.78, 5) is 17.3. The van der Waals surface area contributed by atoms with Crippen LogP contribution >= 0.6 is 11.6 Å². The van der Waals surface area contributed by atoms with Gasteiger partial charge in [0.25, 0.3) is 5.91 Å². The lowest BCUT2D eigenvalue weighted by Gasteiger charge is -2.11. The van der Waals surface area contributed by atoms with Gasteiger partial charge in [-0.3, -0.25) is 4.79 Å². The first-order chi connectivity index (χ1) is 14.2. The quantitative estimate of drug-likeness (QED) is 0.448. The SMILES string of the molecule is COc1ccccc1NC(=O)c1ccccc1-c1ncc(-c2ccc(Cl)cc2)o1. The van der Waals surface area contributed by atoms with Gasteiger partial charge in [0.15, 0.2) is 5.76 Å². The minimum Gasteiger partial charge on any atom is -0.495 e. The number of aromatic nitrogens is 1. The van der Waals surface area contributed by atoms with Crippen LogP contribution in [-0.4, -0.2) is 18.0 Å². The molecule has 3 aromatic carbocycles. The van der Waals surface area contributed by atoms with Crippen LogP contribution in [0.1, 0.15) is 10.4 Å². The molecule has 0 fully saturated rings. The lowest BCUT2D eigenvalue weighted by atomic mass is 10.1. The second kappa shape index (κ2) is 8.20. The van der Waals surface area contributed by atoms with Gasteiger partial charge in [0, 0.05) is 16.1 Å². The molecule has 5 nitrogen and oxygen atoms in total. The van der Waals surface area contributed by atoms with E-state index < -0.39 is 0 Å². The molecule has 0 atom stereocenters. The van der Waals surface area contributed by atoms with Gasteiger partial charge in [-0.25, -0.2) is 4.98 Å². The maximum absolute atomic E-state index is 12.9. The number of carbonyl (C=O) groups is 1. The number of halogens is 1. The van der Waals surface area contributed by atoms with Crippen molar-refractivity contribution >= 4 is 23.2 Å². The molecule has 144 valence electrons. The van der Waals surface area contributed by atoms with Crippen molar-refractivity contribution in [3.63, 3.8) is 0 Å². The minimum atomic E-state index is -0.281. The summed E-state index contributed by atoms with van der Waals surface area (Å²) in [5.74, 6) is 1.26. The van der Waals surface area contributed by atoms with Crippen molar-refractivity contribution in [2.45, 2.75) is 0 Å². The zero-order valence-corrected chi connectivity index (χ0v) is 16.3. The van der Waals surface area contributed by atoms with E-state index in [9.17, 15) is 4.79 Å². The smallest absolute Gasteiger partial charge is 0.256 e. The molecule has 1 N–H and O–H groups in total. The van der Waals surface area contributed by atoms with Gasteiger partial charge < -0.3 is 14.5 Å². The first kappa shape index (κ1) is 18.8. The van der Waals surface area contributed by atoms with Crippen LogP contribution in [0.3, 0.4) is 0 Å². The largest absolute Gasteiger partial charge is 0.495 e. The Morgan fingerprint density at radius 1 is 1.00 bits per heavy atom. The van der Waals surface area contributed by atoms with Crippen molar-refractivity contribution < 1.29 is 13.9 Å². The van der Waals surface area contributed by atoms with Crippen LogP contribution < -0.4 is 10.1 Å². The lowest BCUT2D eigenvalue weighted by molar-refractivity contribution is 0.102. The van der Waals surface area contributed by atoms with Crippen molar-refractivity contribution in [2.75, 3.05) is 12.4 Å². The van der Waals surface area contributed by atoms with Crippen LogP contribution in [0.2, 0.25) is 5.02 Å². The molecule has 1 heterocycles. The first-order valence-electron chi connectivity index (χ1n) is 8.91. The van der Waals surface area contributed by atoms with E-state index in [0.29, 0.717) is 39.2 Å². The summed E-state index contributed by atoms with van der Waals surface area (Å²) >= 11 is 5.94. The number of ether oxygens (including phenoxy) is 1. The summed E-state index contributed by atoms with van der Waals surface area (Å²) < 4.78 is 11.2. The summed E-state index contributed by atoms with van der Waals surface area (Å²) in [6.45, 7) is 0. The highest BCUT2D eigenvalue weighted by Crippen LogP contribution is 2.30. The molecule has 1 amide bonds. The molecular weight excluding hydrogens is 388 g/mol. The van der Waals surface area contributed by atoms with Gasteiger partial charge in [-0.15, -0.1) is 0 Å². The van der Waals surface area contributed by atoms with Crippen molar-refractivity contribution in [2.24, 2.45) is 0 Å². The van der Waals surface area contributed by atoms with E-state index in [1.54, 1.807) is 55.8 Å². The Hall–Kier alpha value is -3.57. The summed E-state index contributed by atoms with van der Waals surface area (Å²) in [6, 6.07) is 21.7. The Morgan fingerprint density at radius 3 is 2.52 bits per heavy atom. The molecule has 4 aromatic rings.